The average molecular weight is 289 g/mol. The number of ether oxygens (including phenoxy) is 1. The number of carbonyl (C=O) groups excluding carboxylic acids is 1. The van der Waals surface area contributed by atoms with Crippen molar-refractivity contribution < 1.29 is 9.53 Å². The van der Waals surface area contributed by atoms with Gasteiger partial charge in [0.1, 0.15) is 6.04 Å². The minimum atomic E-state index is -0.120. The third kappa shape index (κ3) is 3.74. The van der Waals surface area contributed by atoms with Gasteiger partial charge in [0.15, 0.2) is 0 Å². The van der Waals surface area contributed by atoms with E-state index in [1.807, 2.05) is 18.2 Å². The minimum absolute atomic E-state index is 0.105. The van der Waals surface area contributed by atoms with Gasteiger partial charge < -0.3 is 15.4 Å². The Morgan fingerprint density at radius 3 is 2.95 bits per heavy atom. The van der Waals surface area contributed by atoms with Crippen molar-refractivity contribution in [2.75, 3.05) is 44.7 Å². The minimum Gasteiger partial charge on any atom is -0.379 e. The number of anilines is 1. The van der Waals surface area contributed by atoms with E-state index in [0.29, 0.717) is 0 Å². The molecule has 0 aliphatic carbocycles. The smallest absolute Gasteiger partial charge is 0.242 e. The first-order chi connectivity index (χ1) is 10.3. The largest absolute Gasteiger partial charge is 0.379 e. The lowest BCUT2D eigenvalue weighted by atomic mass is 10.1. The fourth-order valence-corrected chi connectivity index (χ4v) is 2.92. The molecular formula is C16H23N3O2. The van der Waals surface area contributed by atoms with Crippen molar-refractivity contribution in [2.45, 2.75) is 18.9 Å². The fraction of sp³-hybridized carbons (Fsp3) is 0.562. The first-order valence-corrected chi connectivity index (χ1v) is 7.75. The van der Waals surface area contributed by atoms with E-state index in [1.54, 1.807) is 0 Å². The van der Waals surface area contributed by atoms with Crippen molar-refractivity contribution in [1.82, 2.24) is 10.2 Å². The number of carbonyl (C=O) groups is 1. The first kappa shape index (κ1) is 14.4. The van der Waals surface area contributed by atoms with Crippen molar-refractivity contribution in [3.05, 3.63) is 29.8 Å². The maximum absolute atomic E-state index is 12.2. The van der Waals surface area contributed by atoms with Crippen LogP contribution in [0.15, 0.2) is 24.3 Å². The Morgan fingerprint density at radius 1 is 1.33 bits per heavy atom. The fourth-order valence-electron chi connectivity index (χ4n) is 2.92. The van der Waals surface area contributed by atoms with E-state index < -0.39 is 0 Å². The van der Waals surface area contributed by atoms with Gasteiger partial charge >= 0.3 is 0 Å². The number of amides is 1. The molecule has 1 unspecified atom stereocenters. The maximum Gasteiger partial charge on any atom is 0.242 e. The third-order valence-corrected chi connectivity index (χ3v) is 4.14. The summed E-state index contributed by atoms with van der Waals surface area (Å²) in [6.45, 7) is 5.45. The zero-order valence-corrected chi connectivity index (χ0v) is 12.3. The van der Waals surface area contributed by atoms with Crippen LogP contribution in [0.1, 0.15) is 12.0 Å². The van der Waals surface area contributed by atoms with E-state index >= 15 is 0 Å². The van der Waals surface area contributed by atoms with Crippen molar-refractivity contribution in [1.29, 1.82) is 0 Å². The van der Waals surface area contributed by atoms with Gasteiger partial charge in [-0.2, -0.15) is 0 Å². The predicted molar refractivity (Wildman–Crippen MR) is 82.4 cm³/mol. The Hall–Kier alpha value is -1.59. The van der Waals surface area contributed by atoms with Crippen molar-refractivity contribution in [2.24, 2.45) is 0 Å². The van der Waals surface area contributed by atoms with Gasteiger partial charge in [0.05, 0.1) is 13.2 Å². The molecule has 1 atom stereocenters. The van der Waals surface area contributed by atoms with Crippen LogP contribution in [0.4, 0.5) is 5.69 Å². The van der Waals surface area contributed by atoms with Crippen LogP contribution in [0.2, 0.25) is 0 Å². The molecule has 5 nitrogen and oxygen atoms in total. The Bertz CT molecular complexity index is 461. The molecule has 1 amide bonds. The second kappa shape index (κ2) is 6.91. The highest BCUT2D eigenvalue weighted by Crippen LogP contribution is 2.24. The van der Waals surface area contributed by atoms with E-state index in [2.05, 4.69) is 21.6 Å². The molecule has 114 valence electrons. The zero-order valence-electron chi connectivity index (χ0n) is 12.3. The highest BCUT2D eigenvalue weighted by molar-refractivity contribution is 5.87. The van der Waals surface area contributed by atoms with Gasteiger partial charge in [-0.3, -0.25) is 9.69 Å². The van der Waals surface area contributed by atoms with Crippen LogP contribution < -0.4 is 10.6 Å². The van der Waals surface area contributed by atoms with Gasteiger partial charge in [-0.05, 0) is 24.6 Å². The van der Waals surface area contributed by atoms with Crippen LogP contribution in [0.25, 0.3) is 0 Å². The van der Waals surface area contributed by atoms with Crippen LogP contribution in [-0.2, 0) is 16.0 Å². The van der Waals surface area contributed by atoms with E-state index in [1.165, 1.54) is 5.56 Å². The van der Waals surface area contributed by atoms with Crippen molar-refractivity contribution in [3.8, 4) is 0 Å². The van der Waals surface area contributed by atoms with Crippen LogP contribution in [-0.4, -0.2) is 56.2 Å². The molecular weight excluding hydrogens is 266 g/mol. The SMILES string of the molecule is O=C(NCCCN1CCOCC1)C1Cc2ccccc2N1. The highest BCUT2D eigenvalue weighted by Gasteiger charge is 2.25. The number of rotatable bonds is 5. The quantitative estimate of drug-likeness (QED) is 0.790. The lowest BCUT2D eigenvalue weighted by Crippen LogP contribution is -2.41. The number of nitrogens with one attached hydrogen (secondary N) is 2. The standard InChI is InChI=1S/C16H23N3O2/c20-16(15-12-13-4-1-2-5-14(13)18-15)17-6-3-7-19-8-10-21-11-9-19/h1-2,4-5,15,18H,3,6-12H2,(H,17,20). The number of hydrogen-bond donors (Lipinski definition) is 2. The van der Waals surface area contributed by atoms with Gasteiger partial charge in [-0.1, -0.05) is 18.2 Å². The van der Waals surface area contributed by atoms with Gasteiger partial charge in [0, 0.05) is 31.7 Å². The van der Waals surface area contributed by atoms with Crippen LogP contribution >= 0.6 is 0 Å². The zero-order chi connectivity index (χ0) is 14.5. The van der Waals surface area contributed by atoms with Gasteiger partial charge in [0.25, 0.3) is 0 Å². The van der Waals surface area contributed by atoms with Gasteiger partial charge in [0.2, 0.25) is 5.91 Å². The maximum atomic E-state index is 12.2. The number of nitrogens with zero attached hydrogens (tertiary/aromatic N) is 1. The predicted octanol–water partition coefficient (Wildman–Crippen LogP) is 0.862. The third-order valence-electron chi connectivity index (χ3n) is 4.14. The van der Waals surface area contributed by atoms with E-state index in [0.717, 1.165) is 57.9 Å². The summed E-state index contributed by atoms with van der Waals surface area (Å²) in [7, 11) is 0. The Morgan fingerprint density at radius 2 is 2.14 bits per heavy atom. The molecule has 1 aromatic rings. The summed E-state index contributed by atoms with van der Waals surface area (Å²) in [6.07, 6.45) is 1.77. The summed E-state index contributed by atoms with van der Waals surface area (Å²) in [6, 6.07) is 8.00. The monoisotopic (exact) mass is 289 g/mol. The van der Waals surface area contributed by atoms with Crippen LogP contribution in [0.5, 0.6) is 0 Å². The molecule has 2 heterocycles. The van der Waals surface area contributed by atoms with Crippen molar-refractivity contribution in [3.63, 3.8) is 0 Å². The highest BCUT2D eigenvalue weighted by atomic mass is 16.5. The second-order valence-electron chi connectivity index (χ2n) is 5.66. The molecule has 0 saturated carbocycles. The Balaban J connectivity index is 1.36. The molecule has 2 aliphatic heterocycles. The summed E-state index contributed by atoms with van der Waals surface area (Å²) < 4.78 is 5.32. The molecule has 1 saturated heterocycles. The normalized spacial score (nSPS) is 21.6. The topological polar surface area (TPSA) is 53.6 Å². The lowest BCUT2D eigenvalue weighted by molar-refractivity contribution is -0.121. The number of fused-ring (bicyclic) bond motifs is 1. The molecule has 21 heavy (non-hydrogen) atoms. The molecule has 1 fully saturated rings. The molecule has 5 heteroatoms. The number of benzene rings is 1. The molecule has 0 radical (unpaired) electrons. The molecule has 3 rings (SSSR count). The molecule has 2 aliphatic rings. The Labute approximate surface area is 125 Å². The number of para-hydroxylation sites is 1. The van der Waals surface area contributed by atoms with Crippen LogP contribution in [0.3, 0.4) is 0 Å². The molecule has 1 aromatic carbocycles. The summed E-state index contributed by atoms with van der Waals surface area (Å²) in [5, 5.41) is 6.33. The second-order valence-corrected chi connectivity index (χ2v) is 5.66. The van der Waals surface area contributed by atoms with Crippen molar-refractivity contribution >= 4 is 11.6 Å². The Kier molecular flexibility index (Phi) is 4.72. The number of hydrogen-bond acceptors (Lipinski definition) is 4. The van der Waals surface area contributed by atoms with E-state index in [-0.39, 0.29) is 11.9 Å². The summed E-state index contributed by atoms with van der Waals surface area (Å²) in [5.74, 6) is 0.105. The molecule has 0 spiro atoms. The van der Waals surface area contributed by atoms with E-state index in [4.69, 9.17) is 4.74 Å². The molecule has 2 N–H and O–H groups in total. The summed E-state index contributed by atoms with van der Waals surface area (Å²) in [4.78, 5) is 14.5. The number of morpholine rings is 1. The van der Waals surface area contributed by atoms with Gasteiger partial charge in [-0.25, -0.2) is 0 Å². The van der Waals surface area contributed by atoms with Gasteiger partial charge in [-0.15, -0.1) is 0 Å². The van der Waals surface area contributed by atoms with Crippen LogP contribution in [0, 0.1) is 0 Å². The first-order valence-electron chi connectivity index (χ1n) is 7.75. The molecule has 0 bridgehead atoms. The average Bonchev–Trinajstić information content (AvgIpc) is 2.96. The molecule has 0 aromatic heterocycles. The summed E-state index contributed by atoms with van der Waals surface area (Å²) >= 11 is 0. The lowest BCUT2D eigenvalue weighted by Gasteiger charge is -2.26. The summed E-state index contributed by atoms with van der Waals surface area (Å²) in [5.41, 5.74) is 2.32. The van der Waals surface area contributed by atoms with E-state index in [9.17, 15) is 4.79 Å².